The topological polar surface area (TPSA) is 28.4 Å². The first-order valence-electron chi connectivity index (χ1n) is 7.87. The predicted molar refractivity (Wildman–Crippen MR) is 90.6 cm³/mol. The van der Waals surface area contributed by atoms with Crippen LogP contribution in [0.2, 0.25) is 0 Å². The van der Waals surface area contributed by atoms with Gasteiger partial charge in [0.05, 0.1) is 6.04 Å². The number of furan rings is 1. The Morgan fingerprint density at radius 3 is 2.90 bits per heavy atom. The molecule has 4 heteroatoms. The van der Waals surface area contributed by atoms with Crippen LogP contribution in [0.5, 0.6) is 0 Å². The number of halogens is 1. The van der Waals surface area contributed by atoms with Crippen molar-refractivity contribution in [3.05, 3.63) is 34.5 Å². The van der Waals surface area contributed by atoms with Crippen LogP contribution in [-0.2, 0) is 0 Å². The molecule has 1 N–H and O–H groups in total. The molecule has 114 valence electrons. The van der Waals surface area contributed by atoms with Crippen molar-refractivity contribution in [2.75, 3.05) is 26.2 Å². The van der Waals surface area contributed by atoms with Crippen molar-refractivity contribution in [1.29, 1.82) is 0 Å². The van der Waals surface area contributed by atoms with Crippen molar-refractivity contribution in [3.63, 3.8) is 0 Å². The Hall–Kier alpha value is -0.840. The van der Waals surface area contributed by atoms with E-state index >= 15 is 0 Å². The first-order valence-corrected chi connectivity index (χ1v) is 8.66. The second kappa shape index (κ2) is 6.95. The highest BCUT2D eigenvalue weighted by atomic mass is 79.9. The van der Waals surface area contributed by atoms with Gasteiger partial charge >= 0.3 is 0 Å². The molecule has 0 saturated carbocycles. The van der Waals surface area contributed by atoms with Crippen LogP contribution in [0.25, 0.3) is 11.0 Å². The first-order chi connectivity index (χ1) is 10.2. The van der Waals surface area contributed by atoms with Crippen LogP contribution in [0.1, 0.15) is 38.0 Å². The predicted octanol–water partition coefficient (Wildman–Crippen LogP) is 4.33. The van der Waals surface area contributed by atoms with Crippen molar-refractivity contribution in [2.45, 2.75) is 32.2 Å². The van der Waals surface area contributed by atoms with E-state index in [-0.39, 0.29) is 6.04 Å². The number of benzene rings is 1. The van der Waals surface area contributed by atoms with Crippen molar-refractivity contribution >= 4 is 26.9 Å². The smallest absolute Gasteiger partial charge is 0.134 e. The molecule has 1 unspecified atom stereocenters. The van der Waals surface area contributed by atoms with E-state index in [1.54, 1.807) is 0 Å². The molecular formula is C17H23BrN2O. The molecule has 2 heterocycles. The van der Waals surface area contributed by atoms with Crippen LogP contribution in [-0.4, -0.2) is 31.1 Å². The third-order valence-electron chi connectivity index (χ3n) is 4.22. The fourth-order valence-electron chi connectivity index (χ4n) is 2.98. The van der Waals surface area contributed by atoms with E-state index in [2.05, 4.69) is 45.2 Å². The first kappa shape index (κ1) is 15.1. The summed E-state index contributed by atoms with van der Waals surface area (Å²) >= 11 is 3.50. The lowest BCUT2D eigenvalue weighted by molar-refractivity contribution is 0.326. The van der Waals surface area contributed by atoms with E-state index in [0.29, 0.717) is 0 Å². The van der Waals surface area contributed by atoms with E-state index in [4.69, 9.17) is 4.42 Å². The summed E-state index contributed by atoms with van der Waals surface area (Å²) in [6, 6.07) is 8.53. The second-order valence-electron chi connectivity index (χ2n) is 5.91. The van der Waals surface area contributed by atoms with Gasteiger partial charge in [-0.05, 0) is 76.6 Å². The normalized spacial score (nSPS) is 17.6. The second-order valence-corrected chi connectivity index (χ2v) is 6.82. The Bertz CT molecular complexity index is 589. The van der Waals surface area contributed by atoms with E-state index in [9.17, 15) is 0 Å². The molecule has 1 atom stereocenters. The maximum atomic E-state index is 5.92. The van der Waals surface area contributed by atoms with Gasteiger partial charge in [0.25, 0.3) is 0 Å². The molecule has 1 aromatic heterocycles. The fraction of sp³-hybridized carbons (Fsp3) is 0.529. The van der Waals surface area contributed by atoms with Crippen molar-refractivity contribution in [3.8, 4) is 0 Å². The standard InChI is InChI=1S/C17H23BrN2O/c1-13(19-7-4-10-20-8-2-3-9-20)17-12-14-11-15(18)5-6-16(14)21-17/h5-6,11-13,19H,2-4,7-10H2,1H3. The lowest BCUT2D eigenvalue weighted by Crippen LogP contribution is -2.26. The Balaban J connectivity index is 1.50. The summed E-state index contributed by atoms with van der Waals surface area (Å²) in [4.78, 5) is 2.56. The van der Waals surface area contributed by atoms with Crippen LogP contribution in [0.3, 0.4) is 0 Å². The van der Waals surface area contributed by atoms with Gasteiger partial charge in [-0.2, -0.15) is 0 Å². The monoisotopic (exact) mass is 350 g/mol. The van der Waals surface area contributed by atoms with Gasteiger partial charge < -0.3 is 14.6 Å². The maximum Gasteiger partial charge on any atom is 0.134 e. The number of nitrogens with zero attached hydrogens (tertiary/aromatic N) is 1. The maximum absolute atomic E-state index is 5.92. The minimum atomic E-state index is 0.259. The van der Waals surface area contributed by atoms with Gasteiger partial charge in [-0.1, -0.05) is 15.9 Å². The SMILES string of the molecule is CC(NCCCN1CCCC1)c1cc2cc(Br)ccc2o1. The third-order valence-corrected chi connectivity index (χ3v) is 4.72. The minimum absolute atomic E-state index is 0.259. The van der Waals surface area contributed by atoms with E-state index in [1.807, 2.05) is 12.1 Å². The summed E-state index contributed by atoms with van der Waals surface area (Å²) in [6.07, 6.45) is 3.95. The molecule has 0 bridgehead atoms. The van der Waals surface area contributed by atoms with Gasteiger partial charge in [0, 0.05) is 9.86 Å². The Morgan fingerprint density at radius 1 is 1.29 bits per heavy atom. The number of nitrogens with one attached hydrogen (secondary N) is 1. The number of fused-ring (bicyclic) bond motifs is 1. The fourth-order valence-corrected chi connectivity index (χ4v) is 3.35. The Morgan fingerprint density at radius 2 is 2.10 bits per heavy atom. The van der Waals surface area contributed by atoms with Gasteiger partial charge in [-0.15, -0.1) is 0 Å². The number of hydrogen-bond donors (Lipinski definition) is 1. The zero-order valence-electron chi connectivity index (χ0n) is 12.6. The average Bonchev–Trinajstić information content (AvgIpc) is 3.11. The van der Waals surface area contributed by atoms with Gasteiger partial charge in [-0.3, -0.25) is 0 Å². The minimum Gasteiger partial charge on any atom is -0.459 e. The Labute approximate surface area is 134 Å². The molecule has 0 radical (unpaired) electrons. The lowest BCUT2D eigenvalue weighted by atomic mass is 10.2. The number of hydrogen-bond acceptors (Lipinski definition) is 3. The van der Waals surface area contributed by atoms with Crippen LogP contribution in [0.4, 0.5) is 0 Å². The summed E-state index contributed by atoms with van der Waals surface area (Å²) in [7, 11) is 0. The van der Waals surface area contributed by atoms with Gasteiger partial charge in [-0.25, -0.2) is 0 Å². The molecule has 0 aliphatic carbocycles. The molecule has 3 rings (SSSR count). The lowest BCUT2D eigenvalue weighted by Gasteiger charge is -2.16. The molecular weight excluding hydrogens is 328 g/mol. The van der Waals surface area contributed by atoms with Crippen molar-refractivity contribution in [2.24, 2.45) is 0 Å². The highest BCUT2D eigenvalue weighted by molar-refractivity contribution is 9.10. The molecule has 0 spiro atoms. The molecule has 0 amide bonds. The van der Waals surface area contributed by atoms with Crippen LogP contribution in [0, 0.1) is 0 Å². The zero-order valence-corrected chi connectivity index (χ0v) is 14.2. The zero-order chi connectivity index (χ0) is 14.7. The summed E-state index contributed by atoms with van der Waals surface area (Å²) in [5.41, 5.74) is 0.957. The van der Waals surface area contributed by atoms with Gasteiger partial charge in [0.1, 0.15) is 11.3 Å². The molecule has 1 aliphatic rings. The summed E-state index contributed by atoms with van der Waals surface area (Å²) in [5, 5.41) is 4.72. The summed E-state index contributed by atoms with van der Waals surface area (Å²) in [6.45, 7) is 7.00. The van der Waals surface area contributed by atoms with Gasteiger partial charge in [0.2, 0.25) is 0 Å². The van der Waals surface area contributed by atoms with E-state index < -0.39 is 0 Å². The van der Waals surface area contributed by atoms with Gasteiger partial charge in [0.15, 0.2) is 0 Å². The van der Waals surface area contributed by atoms with Crippen molar-refractivity contribution in [1.82, 2.24) is 10.2 Å². The largest absolute Gasteiger partial charge is 0.459 e. The Kier molecular flexibility index (Phi) is 4.99. The molecule has 1 aromatic carbocycles. The molecule has 3 nitrogen and oxygen atoms in total. The highest BCUT2D eigenvalue weighted by Gasteiger charge is 2.13. The van der Waals surface area contributed by atoms with Crippen LogP contribution >= 0.6 is 15.9 Å². The van der Waals surface area contributed by atoms with Crippen molar-refractivity contribution < 1.29 is 4.42 Å². The third kappa shape index (κ3) is 3.87. The van der Waals surface area contributed by atoms with Crippen LogP contribution < -0.4 is 5.32 Å². The number of likely N-dealkylation sites (tertiary alicyclic amines) is 1. The molecule has 2 aromatic rings. The molecule has 1 saturated heterocycles. The molecule has 21 heavy (non-hydrogen) atoms. The van der Waals surface area contributed by atoms with E-state index in [1.165, 1.54) is 38.9 Å². The number of rotatable bonds is 6. The van der Waals surface area contributed by atoms with Crippen LogP contribution in [0.15, 0.2) is 33.2 Å². The quantitative estimate of drug-likeness (QED) is 0.785. The molecule has 1 aliphatic heterocycles. The average molecular weight is 351 g/mol. The molecule has 1 fully saturated rings. The summed E-state index contributed by atoms with van der Waals surface area (Å²) in [5.74, 6) is 1.02. The van der Waals surface area contributed by atoms with E-state index in [0.717, 1.165) is 27.7 Å². The highest BCUT2D eigenvalue weighted by Crippen LogP contribution is 2.26. The summed E-state index contributed by atoms with van der Waals surface area (Å²) < 4.78 is 7.01.